The van der Waals surface area contributed by atoms with Crippen molar-refractivity contribution in [2.45, 2.75) is 52.8 Å². The van der Waals surface area contributed by atoms with Gasteiger partial charge in [0.25, 0.3) is 5.91 Å². The molecule has 0 radical (unpaired) electrons. The van der Waals surface area contributed by atoms with Gasteiger partial charge in [0.2, 0.25) is 5.91 Å². The minimum absolute atomic E-state index is 0.0242. The van der Waals surface area contributed by atoms with Crippen molar-refractivity contribution in [1.82, 2.24) is 10.2 Å². The molecule has 0 aromatic heterocycles. The van der Waals surface area contributed by atoms with Gasteiger partial charge in [-0.05, 0) is 72.0 Å². The van der Waals surface area contributed by atoms with E-state index in [1.807, 2.05) is 39.0 Å². The van der Waals surface area contributed by atoms with E-state index in [1.165, 1.54) is 24.3 Å². The molecule has 0 spiro atoms. The molecule has 4 rings (SSSR count). The Morgan fingerprint density at radius 2 is 1.73 bits per heavy atom. The fourth-order valence-electron chi connectivity index (χ4n) is 4.59. The summed E-state index contributed by atoms with van der Waals surface area (Å²) in [7, 11) is 0. The van der Waals surface area contributed by atoms with E-state index in [-0.39, 0.29) is 30.0 Å². The Morgan fingerprint density at radius 3 is 2.41 bits per heavy atom. The number of hydrogen-bond acceptors (Lipinski definition) is 3. The molecule has 3 aromatic carbocycles. The van der Waals surface area contributed by atoms with Crippen LogP contribution in [0.1, 0.15) is 56.0 Å². The number of ether oxygens (including phenoxy) is 1. The molecule has 7 heteroatoms. The van der Waals surface area contributed by atoms with Crippen LogP contribution >= 0.6 is 0 Å². The molecule has 0 fully saturated rings. The highest BCUT2D eigenvalue weighted by Crippen LogP contribution is 2.39. The number of nitrogens with zero attached hydrogens (tertiary/aromatic N) is 1. The lowest BCUT2D eigenvalue weighted by atomic mass is 9.85. The molecule has 0 aliphatic carbocycles. The molecule has 37 heavy (non-hydrogen) atoms. The predicted octanol–water partition coefficient (Wildman–Crippen LogP) is 5.57. The van der Waals surface area contributed by atoms with Crippen LogP contribution in [0.3, 0.4) is 0 Å². The lowest BCUT2D eigenvalue weighted by Crippen LogP contribution is -2.45. The summed E-state index contributed by atoms with van der Waals surface area (Å²) in [5, 5.41) is 2.76. The van der Waals surface area contributed by atoms with Crippen LogP contribution in [0, 0.1) is 17.0 Å². The zero-order valence-electron chi connectivity index (χ0n) is 21.6. The van der Waals surface area contributed by atoms with Crippen LogP contribution in [0.2, 0.25) is 0 Å². The number of halogens is 2. The maximum atomic E-state index is 14.2. The van der Waals surface area contributed by atoms with E-state index in [9.17, 15) is 18.4 Å². The third-order valence-corrected chi connectivity index (χ3v) is 6.45. The molecular formula is C30H32F2N2O3. The summed E-state index contributed by atoms with van der Waals surface area (Å²) in [4.78, 5) is 27.8. The lowest BCUT2D eigenvalue weighted by Gasteiger charge is -2.41. The second kappa shape index (κ2) is 10.7. The van der Waals surface area contributed by atoms with Gasteiger partial charge < -0.3 is 15.0 Å². The van der Waals surface area contributed by atoms with E-state index in [1.54, 1.807) is 36.1 Å². The van der Waals surface area contributed by atoms with Crippen LogP contribution in [0.5, 0.6) is 5.75 Å². The Balaban J connectivity index is 1.58. The topological polar surface area (TPSA) is 58.6 Å². The summed E-state index contributed by atoms with van der Waals surface area (Å²) in [6.45, 7) is 7.95. The van der Waals surface area contributed by atoms with Crippen LogP contribution in [0.4, 0.5) is 8.78 Å². The zero-order chi connectivity index (χ0) is 26.7. The molecule has 0 bridgehead atoms. The van der Waals surface area contributed by atoms with Crippen molar-refractivity contribution < 1.29 is 23.1 Å². The average molecular weight is 507 g/mol. The molecule has 5 nitrogen and oxygen atoms in total. The van der Waals surface area contributed by atoms with Crippen molar-refractivity contribution >= 4 is 11.8 Å². The highest BCUT2D eigenvalue weighted by molar-refractivity contribution is 5.83. The average Bonchev–Trinajstić information content (AvgIpc) is 2.85. The first kappa shape index (κ1) is 26.3. The smallest absolute Gasteiger partial charge is 0.261 e. The lowest BCUT2D eigenvalue weighted by molar-refractivity contribution is -0.141. The van der Waals surface area contributed by atoms with Crippen LogP contribution in [0.15, 0.2) is 66.7 Å². The van der Waals surface area contributed by atoms with E-state index in [0.717, 1.165) is 11.1 Å². The molecular weight excluding hydrogens is 474 g/mol. The fourth-order valence-corrected chi connectivity index (χ4v) is 4.59. The van der Waals surface area contributed by atoms with Crippen molar-refractivity contribution in [3.05, 3.63) is 101 Å². The Bertz CT molecular complexity index is 1300. The number of fused-ring (bicyclic) bond motifs is 1. The van der Waals surface area contributed by atoms with Crippen LogP contribution < -0.4 is 10.1 Å². The summed E-state index contributed by atoms with van der Waals surface area (Å²) in [5.41, 5.74) is 2.61. The summed E-state index contributed by atoms with van der Waals surface area (Å²) in [5.74, 6) is -0.628. The van der Waals surface area contributed by atoms with Crippen molar-refractivity contribution in [2.24, 2.45) is 5.41 Å². The summed E-state index contributed by atoms with van der Waals surface area (Å²) < 4.78 is 33.6. The van der Waals surface area contributed by atoms with Crippen LogP contribution in [-0.4, -0.2) is 29.4 Å². The maximum absolute atomic E-state index is 14.2. The molecule has 2 atom stereocenters. The second-order valence-electron chi connectivity index (χ2n) is 10.4. The Morgan fingerprint density at radius 1 is 1.03 bits per heavy atom. The molecule has 1 aliphatic heterocycles. The number of carbonyl (C=O) groups is 2. The number of rotatable bonds is 6. The molecule has 194 valence electrons. The fraction of sp³-hybridized carbons (Fsp3) is 0.333. The minimum Gasteiger partial charge on any atom is -0.481 e. The first-order chi connectivity index (χ1) is 17.5. The predicted molar refractivity (Wildman–Crippen MR) is 138 cm³/mol. The third kappa shape index (κ3) is 6.16. The number of carbonyl (C=O) groups excluding carboxylic acids is 2. The molecule has 3 aromatic rings. The normalized spacial score (nSPS) is 16.1. The highest BCUT2D eigenvalue weighted by Gasteiger charge is 2.37. The van der Waals surface area contributed by atoms with Gasteiger partial charge >= 0.3 is 0 Å². The van der Waals surface area contributed by atoms with Gasteiger partial charge in [-0.2, -0.15) is 0 Å². The van der Waals surface area contributed by atoms with Gasteiger partial charge in [0.1, 0.15) is 17.4 Å². The van der Waals surface area contributed by atoms with Gasteiger partial charge in [-0.1, -0.05) is 51.1 Å². The summed E-state index contributed by atoms with van der Waals surface area (Å²) in [6, 6.07) is 17.4. The van der Waals surface area contributed by atoms with E-state index in [4.69, 9.17) is 4.74 Å². The van der Waals surface area contributed by atoms with E-state index >= 15 is 0 Å². The third-order valence-electron chi connectivity index (χ3n) is 6.45. The van der Waals surface area contributed by atoms with E-state index < -0.39 is 17.6 Å². The number of hydrogen-bond donors (Lipinski definition) is 1. The standard InChI is InChI=1S/C30H32F2N2O3/c1-19(28(35)33-18-20-7-5-9-23(31)15-20)37-25-12-11-21-13-14-34(29(36)30(2,3)4)27(26(21)17-25)22-8-6-10-24(32)16-22/h5-12,15-17,19,27H,13-14,18H2,1-4H3,(H,33,35)/t19-,27+/m0/s1. The number of benzene rings is 3. The van der Waals surface area contributed by atoms with Crippen LogP contribution in [-0.2, 0) is 22.6 Å². The largest absolute Gasteiger partial charge is 0.481 e. The van der Waals surface area contributed by atoms with E-state index in [2.05, 4.69) is 5.32 Å². The van der Waals surface area contributed by atoms with Crippen molar-refractivity contribution in [1.29, 1.82) is 0 Å². The van der Waals surface area contributed by atoms with Crippen LogP contribution in [0.25, 0.3) is 0 Å². The van der Waals surface area contributed by atoms with Crippen molar-refractivity contribution in [3.63, 3.8) is 0 Å². The minimum atomic E-state index is -0.810. The van der Waals surface area contributed by atoms with Gasteiger partial charge in [0.05, 0.1) is 6.04 Å². The quantitative estimate of drug-likeness (QED) is 0.476. The molecule has 2 amide bonds. The van der Waals surface area contributed by atoms with Gasteiger partial charge in [-0.3, -0.25) is 9.59 Å². The maximum Gasteiger partial charge on any atom is 0.261 e. The van der Waals surface area contributed by atoms with Gasteiger partial charge in [0, 0.05) is 18.5 Å². The molecule has 1 heterocycles. The Labute approximate surface area is 216 Å². The van der Waals surface area contributed by atoms with Gasteiger partial charge in [-0.25, -0.2) is 8.78 Å². The van der Waals surface area contributed by atoms with Gasteiger partial charge in [-0.15, -0.1) is 0 Å². The molecule has 0 unspecified atom stereocenters. The number of nitrogens with one attached hydrogen (secondary N) is 1. The molecule has 0 saturated heterocycles. The van der Waals surface area contributed by atoms with Crippen molar-refractivity contribution in [3.8, 4) is 5.75 Å². The first-order valence-electron chi connectivity index (χ1n) is 12.4. The van der Waals surface area contributed by atoms with Crippen molar-refractivity contribution in [2.75, 3.05) is 6.54 Å². The monoisotopic (exact) mass is 506 g/mol. The first-order valence-corrected chi connectivity index (χ1v) is 12.4. The van der Waals surface area contributed by atoms with E-state index in [0.29, 0.717) is 29.8 Å². The second-order valence-corrected chi connectivity index (χ2v) is 10.4. The summed E-state index contributed by atoms with van der Waals surface area (Å²) in [6.07, 6.45) is -0.150. The Hall–Kier alpha value is -3.74. The summed E-state index contributed by atoms with van der Waals surface area (Å²) >= 11 is 0. The SMILES string of the molecule is C[C@H](Oc1ccc2c(c1)[C@@H](c1cccc(F)c1)N(C(=O)C(C)(C)C)CC2)C(=O)NCc1cccc(F)c1. The number of amides is 2. The molecule has 0 saturated carbocycles. The molecule has 1 aliphatic rings. The van der Waals surface area contributed by atoms with Gasteiger partial charge in [0.15, 0.2) is 6.10 Å². The molecule has 1 N–H and O–H groups in total. The Kier molecular flexibility index (Phi) is 7.62. The highest BCUT2D eigenvalue weighted by atomic mass is 19.1. The zero-order valence-corrected chi connectivity index (χ0v) is 21.6.